The minimum absolute atomic E-state index is 0. The number of aliphatic imine (C=N–C) groups is 1. The molecule has 4 nitrogen and oxygen atoms in total. The van der Waals surface area contributed by atoms with Crippen molar-refractivity contribution in [3.05, 3.63) is 29.3 Å². The Morgan fingerprint density at radius 3 is 2.95 bits per heavy atom. The van der Waals surface area contributed by atoms with Crippen molar-refractivity contribution in [1.82, 2.24) is 10.6 Å². The fourth-order valence-electron chi connectivity index (χ4n) is 2.56. The Kier molecular flexibility index (Phi) is 8.93. The number of nitrogens with zero attached hydrogens (tertiary/aromatic N) is 2. The predicted octanol–water partition coefficient (Wildman–Crippen LogP) is 3.50. The molecule has 0 aliphatic carbocycles. The summed E-state index contributed by atoms with van der Waals surface area (Å²) >= 11 is 6.07. The molecule has 1 aromatic carbocycles. The van der Waals surface area contributed by atoms with Gasteiger partial charge in [0.15, 0.2) is 5.96 Å². The van der Waals surface area contributed by atoms with Crippen molar-refractivity contribution >= 4 is 47.2 Å². The molecule has 22 heavy (non-hydrogen) atoms. The van der Waals surface area contributed by atoms with Gasteiger partial charge in [-0.25, -0.2) is 0 Å². The smallest absolute Gasteiger partial charge is 0.191 e. The second-order valence-corrected chi connectivity index (χ2v) is 5.84. The molecule has 124 valence electrons. The molecular weight excluding hydrogens is 411 g/mol. The van der Waals surface area contributed by atoms with Gasteiger partial charge in [-0.3, -0.25) is 4.99 Å². The van der Waals surface area contributed by atoms with Crippen LogP contribution in [0.2, 0.25) is 5.02 Å². The van der Waals surface area contributed by atoms with E-state index in [2.05, 4.69) is 33.5 Å². The van der Waals surface area contributed by atoms with E-state index in [9.17, 15) is 0 Å². The van der Waals surface area contributed by atoms with Crippen molar-refractivity contribution in [2.24, 2.45) is 4.99 Å². The van der Waals surface area contributed by atoms with Crippen LogP contribution in [0.1, 0.15) is 26.2 Å². The number of hydrogen-bond acceptors (Lipinski definition) is 2. The quantitative estimate of drug-likeness (QED) is 0.321. The Bertz CT molecular complexity index is 481. The first-order valence-electron chi connectivity index (χ1n) is 7.70. The third-order valence-electron chi connectivity index (χ3n) is 3.75. The Hall–Kier alpha value is -0.690. The molecule has 2 N–H and O–H groups in total. The van der Waals surface area contributed by atoms with Crippen molar-refractivity contribution in [1.29, 1.82) is 0 Å². The van der Waals surface area contributed by atoms with E-state index >= 15 is 0 Å². The zero-order valence-electron chi connectivity index (χ0n) is 13.3. The monoisotopic (exact) mass is 436 g/mol. The zero-order chi connectivity index (χ0) is 15.1. The Morgan fingerprint density at radius 1 is 1.45 bits per heavy atom. The van der Waals surface area contributed by atoms with Gasteiger partial charge >= 0.3 is 0 Å². The van der Waals surface area contributed by atoms with Gasteiger partial charge < -0.3 is 15.5 Å². The minimum atomic E-state index is 0. The van der Waals surface area contributed by atoms with Crippen LogP contribution in [0.4, 0.5) is 5.69 Å². The molecule has 0 aromatic heterocycles. The van der Waals surface area contributed by atoms with E-state index in [0.29, 0.717) is 6.04 Å². The highest BCUT2D eigenvalue weighted by molar-refractivity contribution is 14.0. The molecule has 1 atom stereocenters. The topological polar surface area (TPSA) is 39.7 Å². The molecule has 1 unspecified atom stereocenters. The second-order valence-electron chi connectivity index (χ2n) is 5.41. The van der Waals surface area contributed by atoms with E-state index in [1.807, 2.05) is 25.2 Å². The summed E-state index contributed by atoms with van der Waals surface area (Å²) in [5.41, 5.74) is 1.20. The van der Waals surface area contributed by atoms with Gasteiger partial charge in [0.2, 0.25) is 0 Å². The van der Waals surface area contributed by atoms with E-state index < -0.39 is 0 Å². The van der Waals surface area contributed by atoms with Gasteiger partial charge in [0.05, 0.1) is 0 Å². The highest BCUT2D eigenvalue weighted by atomic mass is 127. The van der Waals surface area contributed by atoms with Crippen LogP contribution in [-0.4, -0.2) is 38.7 Å². The number of nitrogens with one attached hydrogen (secondary N) is 2. The number of rotatable bonds is 5. The molecule has 1 saturated heterocycles. The summed E-state index contributed by atoms with van der Waals surface area (Å²) in [6.07, 6.45) is 3.47. The number of halogens is 2. The van der Waals surface area contributed by atoms with Gasteiger partial charge in [0, 0.05) is 43.4 Å². The average molecular weight is 437 g/mol. The Labute approximate surface area is 155 Å². The van der Waals surface area contributed by atoms with Crippen molar-refractivity contribution in [2.75, 3.05) is 31.6 Å². The number of benzene rings is 1. The third-order valence-corrected chi connectivity index (χ3v) is 3.98. The molecule has 1 fully saturated rings. The van der Waals surface area contributed by atoms with Crippen LogP contribution in [0.25, 0.3) is 0 Å². The lowest BCUT2D eigenvalue weighted by Crippen LogP contribution is -2.44. The highest BCUT2D eigenvalue weighted by Crippen LogP contribution is 2.23. The lowest BCUT2D eigenvalue weighted by Gasteiger charge is -2.20. The molecule has 0 spiro atoms. The maximum atomic E-state index is 6.07. The minimum Gasteiger partial charge on any atom is -0.369 e. The molecular formula is C16H26ClIN4. The summed E-state index contributed by atoms with van der Waals surface area (Å²) < 4.78 is 0. The van der Waals surface area contributed by atoms with E-state index in [1.54, 1.807) is 0 Å². The summed E-state index contributed by atoms with van der Waals surface area (Å²) in [6.45, 7) is 5.19. The van der Waals surface area contributed by atoms with Crippen molar-refractivity contribution in [3.63, 3.8) is 0 Å². The highest BCUT2D eigenvalue weighted by Gasteiger charge is 2.23. The Balaban J connectivity index is 0.00000242. The van der Waals surface area contributed by atoms with Crippen molar-refractivity contribution in [3.8, 4) is 0 Å². The molecule has 6 heteroatoms. The fourth-order valence-corrected chi connectivity index (χ4v) is 2.74. The van der Waals surface area contributed by atoms with E-state index in [1.165, 1.54) is 18.5 Å². The van der Waals surface area contributed by atoms with Crippen LogP contribution in [0.5, 0.6) is 0 Å². The summed E-state index contributed by atoms with van der Waals surface area (Å²) in [5.74, 6) is 0.904. The van der Waals surface area contributed by atoms with Gasteiger partial charge in [-0.2, -0.15) is 0 Å². The molecule has 0 bridgehead atoms. The molecule has 1 aromatic rings. The molecule has 1 heterocycles. The lowest BCUT2D eigenvalue weighted by molar-refractivity contribution is 0.641. The van der Waals surface area contributed by atoms with Crippen molar-refractivity contribution in [2.45, 2.75) is 32.2 Å². The second kappa shape index (κ2) is 10.2. The summed E-state index contributed by atoms with van der Waals surface area (Å²) in [5, 5.41) is 7.66. The number of hydrogen-bond donors (Lipinski definition) is 2. The number of anilines is 1. The SMILES string of the molecule is CCCCNC(=NC)NC1CCN(c2cccc(Cl)c2)C1.I. The van der Waals surface area contributed by atoms with Gasteiger partial charge in [0.25, 0.3) is 0 Å². The van der Waals surface area contributed by atoms with Crippen LogP contribution < -0.4 is 15.5 Å². The van der Waals surface area contributed by atoms with Gasteiger partial charge in [-0.05, 0) is 31.0 Å². The van der Waals surface area contributed by atoms with Crippen LogP contribution in [0.15, 0.2) is 29.3 Å². The Morgan fingerprint density at radius 2 is 2.27 bits per heavy atom. The van der Waals surface area contributed by atoms with Crippen LogP contribution in [-0.2, 0) is 0 Å². The molecule has 1 aliphatic heterocycles. The van der Waals surface area contributed by atoms with Crippen LogP contribution in [0, 0.1) is 0 Å². The van der Waals surface area contributed by atoms with Crippen LogP contribution >= 0.6 is 35.6 Å². The number of guanidine groups is 1. The van der Waals surface area contributed by atoms with Crippen molar-refractivity contribution < 1.29 is 0 Å². The maximum absolute atomic E-state index is 6.07. The number of unbranched alkanes of at least 4 members (excludes halogenated alkanes) is 1. The first kappa shape index (κ1) is 19.4. The van der Waals surface area contributed by atoms with Gasteiger partial charge in [-0.15, -0.1) is 24.0 Å². The molecule has 0 amide bonds. The van der Waals surface area contributed by atoms with E-state index in [-0.39, 0.29) is 24.0 Å². The summed E-state index contributed by atoms with van der Waals surface area (Å²) in [6, 6.07) is 8.48. The van der Waals surface area contributed by atoms with E-state index in [4.69, 9.17) is 11.6 Å². The first-order valence-corrected chi connectivity index (χ1v) is 8.08. The van der Waals surface area contributed by atoms with E-state index in [0.717, 1.165) is 37.0 Å². The third kappa shape index (κ3) is 5.83. The van der Waals surface area contributed by atoms with Crippen LogP contribution in [0.3, 0.4) is 0 Å². The molecule has 0 saturated carbocycles. The fraction of sp³-hybridized carbons (Fsp3) is 0.562. The lowest BCUT2D eigenvalue weighted by atomic mass is 10.2. The summed E-state index contributed by atoms with van der Waals surface area (Å²) in [4.78, 5) is 6.65. The average Bonchev–Trinajstić information content (AvgIpc) is 2.95. The first-order chi connectivity index (χ1) is 10.2. The predicted molar refractivity (Wildman–Crippen MR) is 107 cm³/mol. The standard InChI is InChI=1S/C16H25ClN4.HI/c1-3-4-9-19-16(18-2)20-14-8-10-21(12-14)15-7-5-6-13(17)11-15;/h5-7,11,14H,3-4,8-10,12H2,1-2H3,(H2,18,19,20);1H. The summed E-state index contributed by atoms with van der Waals surface area (Å²) in [7, 11) is 1.82. The molecule has 2 rings (SSSR count). The molecule has 1 aliphatic rings. The normalized spacial score (nSPS) is 18.0. The molecule has 0 radical (unpaired) electrons. The largest absolute Gasteiger partial charge is 0.369 e. The van der Waals surface area contributed by atoms with Gasteiger partial charge in [0.1, 0.15) is 0 Å². The maximum Gasteiger partial charge on any atom is 0.191 e. The zero-order valence-corrected chi connectivity index (χ0v) is 16.4. The van der Waals surface area contributed by atoms with Gasteiger partial charge in [-0.1, -0.05) is 31.0 Å².